The number of hydrogen-bond acceptors (Lipinski definition) is 5. The lowest BCUT2D eigenvalue weighted by Crippen LogP contribution is -2.47. The maximum Gasteiger partial charge on any atom is 0.228 e. The zero-order valence-electron chi connectivity index (χ0n) is 14.9. The van der Waals surface area contributed by atoms with Crippen molar-refractivity contribution in [3.05, 3.63) is 16.6 Å². The van der Waals surface area contributed by atoms with Gasteiger partial charge in [0.15, 0.2) is 0 Å². The largest absolute Gasteiger partial charge is 0.385 e. The van der Waals surface area contributed by atoms with Crippen LogP contribution in [0.2, 0.25) is 0 Å². The Hall–Kier alpha value is -1.47. The fourth-order valence-corrected chi connectivity index (χ4v) is 4.35. The summed E-state index contributed by atoms with van der Waals surface area (Å²) in [5.41, 5.74) is 2.75. The van der Waals surface area contributed by atoms with Crippen LogP contribution in [0.25, 0.3) is 0 Å². The summed E-state index contributed by atoms with van der Waals surface area (Å²) in [7, 11) is 1.70. The van der Waals surface area contributed by atoms with Crippen molar-refractivity contribution in [2.75, 3.05) is 26.8 Å². The quantitative estimate of drug-likeness (QED) is 0.663. The Morgan fingerprint density at radius 1 is 1.32 bits per heavy atom. The minimum absolute atomic E-state index is 0.0465. The number of unbranched alkanes of at least 4 members (excludes halogenated alkanes) is 2. The minimum Gasteiger partial charge on any atom is -0.385 e. The number of thiazole rings is 1. The maximum atomic E-state index is 12.8. The van der Waals surface area contributed by atoms with Crippen molar-refractivity contribution >= 4 is 23.2 Å². The normalized spacial score (nSPS) is 23.2. The lowest BCUT2D eigenvalue weighted by atomic mass is 9.94. The van der Waals surface area contributed by atoms with Crippen molar-refractivity contribution in [1.82, 2.24) is 14.8 Å². The summed E-state index contributed by atoms with van der Waals surface area (Å²) >= 11 is 1.55. The predicted molar refractivity (Wildman–Crippen MR) is 96.1 cm³/mol. The van der Waals surface area contributed by atoms with Gasteiger partial charge in [-0.3, -0.25) is 9.59 Å². The summed E-state index contributed by atoms with van der Waals surface area (Å²) < 4.78 is 5.04. The van der Waals surface area contributed by atoms with Gasteiger partial charge < -0.3 is 14.5 Å². The summed E-state index contributed by atoms with van der Waals surface area (Å²) in [5, 5.41) is 1.99. The van der Waals surface area contributed by atoms with Gasteiger partial charge in [-0.05, 0) is 25.7 Å². The van der Waals surface area contributed by atoms with Crippen LogP contribution in [-0.2, 0) is 20.9 Å². The summed E-state index contributed by atoms with van der Waals surface area (Å²) in [6.45, 7) is 2.58. The maximum absolute atomic E-state index is 12.8. The Labute approximate surface area is 153 Å². The summed E-state index contributed by atoms with van der Waals surface area (Å²) in [6.07, 6.45) is 5.35. The van der Waals surface area contributed by atoms with Crippen molar-refractivity contribution in [1.29, 1.82) is 0 Å². The van der Waals surface area contributed by atoms with Gasteiger partial charge in [0.2, 0.25) is 11.8 Å². The van der Waals surface area contributed by atoms with Crippen LogP contribution >= 0.6 is 11.3 Å². The molecule has 4 rings (SSSR count). The highest BCUT2D eigenvalue weighted by Gasteiger charge is 2.41. The van der Waals surface area contributed by atoms with Crippen LogP contribution in [0.4, 0.5) is 0 Å². The number of ether oxygens (including phenoxy) is 1. The third kappa shape index (κ3) is 4.58. The Bertz CT molecular complexity index is 578. The van der Waals surface area contributed by atoms with E-state index in [-0.39, 0.29) is 23.8 Å². The van der Waals surface area contributed by atoms with Crippen molar-refractivity contribution in [3.8, 4) is 0 Å². The number of carbonyl (C=O) groups is 2. The molecule has 0 N–H and O–H groups in total. The molecule has 2 amide bonds. The Kier molecular flexibility index (Phi) is 6.42. The molecule has 0 aliphatic carbocycles. The molecule has 0 spiro atoms. The molecule has 25 heavy (non-hydrogen) atoms. The second-order valence-corrected chi connectivity index (χ2v) is 7.69. The van der Waals surface area contributed by atoms with Crippen LogP contribution in [0, 0.1) is 5.92 Å². The van der Waals surface area contributed by atoms with Crippen LogP contribution in [0.3, 0.4) is 0 Å². The number of hydrogen-bond donors (Lipinski definition) is 0. The van der Waals surface area contributed by atoms with Gasteiger partial charge in [-0.15, -0.1) is 11.3 Å². The van der Waals surface area contributed by atoms with Crippen molar-refractivity contribution in [2.24, 2.45) is 5.92 Å². The second kappa shape index (κ2) is 8.76. The van der Waals surface area contributed by atoms with Gasteiger partial charge in [-0.1, -0.05) is 6.42 Å². The number of methoxy groups -OCH3 is 1. The fourth-order valence-electron chi connectivity index (χ4n) is 3.80. The second-order valence-electron chi connectivity index (χ2n) is 6.98. The number of aromatic nitrogens is 1. The molecular weight excluding hydrogens is 338 g/mol. The van der Waals surface area contributed by atoms with E-state index in [0.717, 1.165) is 44.4 Å². The van der Waals surface area contributed by atoms with E-state index >= 15 is 0 Å². The van der Waals surface area contributed by atoms with E-state index in [2.05, 4.69) is 4.98 Å². The highest BCUT2D eigenvalue weighted by Crippen LogP contribution is 2.30. The SMILES string of the molecule is COCCCCCC(=O)N1C[C@@H]2CC[C@H](C1)N(Cc1cscn1)C2=O. The summed E-state index contributed by atoms with van der Waals surface area (Å²) in [4.78, 5) is 33.6. The molecule has 6 nitrogen and oxygen atoms in total. The Morgan fingerprint density at radius 3 is 2.96 bits per heavy atom. The van der Waals surface area contributed by atoms with Crippen LogP contribution in [0.15, 0.2) is 10.9 Å². The highest BCUT2D eigenvalue weighted by atomic mass is 32.1. The van der Waals surface area contributed by atoms with E-state index in [9.17, 15) is 9.59 Å². The molecule has 0 aromatic carbocycles. The van der Waals surface area contributed by atoms with E-state index in [4.69, 9.17) is 4.74 Å². The monoisotopic (exact) mass is 365 g/mol. The number of fused-ring (bicyclic) bond motifs is 4. The molecule has 0 saturated carbocycles. The van der Waals surface area contributed by atoms with Gasteiger partial charge in [0.1, 0.15) is 0 Å². The zero-order valence-corrected chi connectivity index (χ0v) is 15.7. The van der Waals surface area contributed by atoms with Crippen molar-refractivity contribution < 1.29 is 14.3 Å². The average Bonchev–Trinajstić information content (AvgIpc) is 2.97. The number of piperidine rings is 1. The number of amides is 2. The number of rotatable bonds is 8. The van der Waals surface area contributed by atoms with E-state index < -0.39 is 0 Å². The topological polar surface area (TPSA) is 62.7 Å². The average molecular weight is 365 g/mol. The van der Waals surface area contributed by atoms with Crippen molar-refractivity contribution in [2.45, 2.75) is 51.1 Å². The third-order valence-electron chi connectivity index (χ3n) is 5.20. The smallest absolute Gasteiger partial charge is 0.228 e. The lowest BCUT2D eigenvalue weighted by Gasteiger charge is -2.35. The molecule has 1 aromatic rings. The van der Waals surface area contributed by atoms with Gasteiger partial charge in [0.25, 0.3) is 0 Å². The van der Waals surface area contributed by atoms with E-state index in [0.29, 0.717) is 26.1 Å². The molecule has 3 aliphatic heterocycles. The summed E-state index contributed by atoms with van der Waals surface area (Å²) in [6, 6.07) is 0.130. The standard InChI is InChI=1S/C18H27N3O3S/c1-24-8-4-2-3-5-17(22)20-9-14-6-7-16(11-20)21(18(14)23)10-15-12-25-13-19-15/h12-14,16H,2-11H2,1H3/t14-,16+/m0/s1. The first-order valence-electron chi connectivity index (χ1n) is 9.13. The van der Waals surface area contributed by atoms with Crippen LogP contribution in [-0.4, -0.2) is 59.4 Å². The molecule has 0 unspecified atom stereocenters. The van der Waals surface area contributed by atoms with Crippen molar-refractivity contribution in [3.63, 3.8) is 0 Å². The first-order chi connectivity index (χ1) is 12.2. The van der Waals surface area contributed by atoms with E-state index in [1.54, 1.807) is 24.0 Å². The molecule has 2 atom stereocenters. The molecule has 3 aliphatic rings. The first-order valence-corrected chi connectivity index (χ1v) is 10.1. The van der Waals surface area contributed by atoms with Gasteiger partial charge in [0, 0.05) is 44.6 Å². The predicted octanol–water partition coefficient (Wildman–Crippen LogP) is 2.30. The van der Waals surface area contributed by atoms with Crippen LogP contribution < -0.4 is 0 Å². The number of carbonyl (C=O) groups excluding carboxylic acids is 2. The fraction of sp³-hybridized carbons (Fsp3) is 0.722. The molecule has 138 valence electrons. The first kappa shape index (κ1) is 18.3. The van der Waals surface area contributed by atoms with Gasteiger partial charge in [-0.2, -0.15) is 0 Å². The Morgan fingerprint density at radius 2 is 2.20 bits per heavy atom. The summed E-state index contributed by atoms with van der Waals surface area (Å²) in [5.74, 6) is 0.340. The Balaban J connectivity index is 1.56. The molecule has 7 heteroatoms. The molecule has 3 fully saturated rings. The van der Waals surface area contributed by atoms with E-state index in [1.165, 1.54) is 0 Å². The van der Waals surface area contributed by atoms with Crippen LogP contribution in [0.5, 0.6) is 0 Å². The highest BCUT2D eigenvalue weighted by molar-refractivity contribution is 7.07. The molecule has 1 aromatic heterocycles. The van der Waals surface area contributed by atoms with Crippen LogP contribution in [0.1, 0.15) is 44.2 Å². The van der Waals surface area contributed by atoms with Gasteiger partial charge in [0.05, 0.1) is 23.7 Å². The molecule has 0 radical (unpaired) electrons. The van der Waals surface area contributed by atoms with Gasteiger partial charge in [-0.25, -0.2) is 4.98 Å². The third-order valence-corrected chi connectivity index (χ3v) is 5.84. The zero-order chi connectivity index (χ0) is 17.6. The number of nitrogens with zero attached hydrogens (tertiary/aromatic N) is 3. The molecule has 3 saturated heterocycles. The molecule has 2 bridgehead atoms. The minimum atomic E-state index is -0.0465. The van der Waals surface area contributed by atoms with Gasteiger partial charge >= 0.3 is 0 Å². The van der Waals surface area contributed by atoms with E-state index in [1.807, 2.05) is 15.2 Å². The molecular formula is C18H27N3O3S. The molecule has 4 heterocycles. The lowest BCUT2D eigenvalue weighted by molar-refractivity contribution is -0.140.